The predicted octanol–water partition coefficient (Wildman–Crippen LogP) is 4.23. The van der Waals surface area contributed by atoms with Crippen LogP contribution in [0.4, 0.5) is 5.69 Å². The molecular formula is C25H22N4O3S. The van der Waals surface area contributed by atoms with Crippen LogP contribution in [-0.4, -0.2) is 30.1 Å². The molecule has 1 amide bonds. The van der Waals surface area contributed by atoms with Gasteiger partial charge >= 0.3 is 0 Å². The molecule has 5 rings (SSSR count). The number of rotatable bonds is 7. The van der Waals surface area contributed by atoms with E-state index in [1.54, 1.807) is 22.9 Å². The Morgan fingerprint density at radius 3 is 2.27 bits per heavy atom. The maximum absolute atomic E-state index is 13.0. The molecule has 7 nitrogen and oxygen atoms in total. The lowest BCUT2D eigenvalue weighted by molar-refractivity contribution is 0.102. The number of nitrogens with one attached hydrogen (secondary N) is 2. The molecule has 1 saturated carbocycles. The molecule has 0 unspecified atom stereocenters. The van der Waals surface area contributed by atoms with Gasteiger partial charge in [-0.3, -0.25) is 4.79 Å². The van der Waals surface area contributed by atoms with Crippen LogP contribution in [0, 0.1) is 0 Å². The van der Waals surface area contributed by atoms with Gasteiger partial charge < -0.3 is 5.32 Å². The third kappa shape index (κ3) is 4.72. The molecule has 3 aromatic carbocycles. The van der Waals surface area contributed by atoms with E-state index in [0.29, 0.717) is 5.69 Å². The van der Waals surface area contributed by atoms with E-state index >= 15 is 0 Å². The van der Waals surface area contributed by atoms with Crippen molar-refractivity contribution in [2.24, 2.45) is 0 Å². The zero-order valence-electron chi connectivity index (χ0n) is 17.7. The van der Waals surface area contributed by atoms with Crippen molar-refractivity contribution >= 4 is 21.6 Å². The molecule has 0 bridgehead atoms. The lowest BCUT2D eigenvalue weighted by atomic mass is 10.1. The maximum Gasteiger partial charge on any atom is 0.276 e. The normalized spacial score (nSPS) is 13.6. The van der Waals surface area contributed by atoms with E-state index < -0.39 is 15.9 Å². The number of carbonyl (C=O) groups excluding carboxylic acids is 1. The van der Waals surface area contributed by atoms with Gasteiger partial charge in [-0.2, -0.15) is 5.10 Å². The highest BCUT2D eigenvalue weighted by molar-refractivity contribution is 7.89. The van der Waals surface area contributed by atoms with Gasteiger partial charge in [-0.15, -0.1) is 0 Å². The Balaban J connectivity index is 1.45. The van der Waals surface area contributed by atoms with Gasteiger partial charge in [-0.1, -0.05) is 54.6 Å². The van der Waals surface area contributed by atoms with E-state index in [0.717, 1.165) is 29.8 Å². The fourth-order valence-corrected chi connectivity index (χ4v) is 4.85. The fourth-order valence-electron chi connectivity index (χ4n) is 3.50. The molecule has 2 N–H and O–H groups in total. The molecule has 8 heteroatoms. The fraction of sp³-hybridized carbons (Fsp3) is 0.120. The van der Waals surface area contributed by atoms with Crippen LogP contribution in [0.25, 0.3) is 16.9 Å². The van der Waals surface area contributed by atoms with Crippen LogP contribution < -0.4 is 10.0 Å². The van der Waals surface area contributed by atoms with E-state index in [4.69, 9.17) is 0 Å². The monoisotopic (exact) mass is 458 g/mol. The Morgan fingerprint density at radius 2 is 1.58 bits per heavy atom. The highest BCUT2D eigenvalue weighted by Crippen LogP contribution is 2.26. The molecule has 1 aromatic heterocycles. The molecule has 33 heavy (non-hydrogen) atoms. The number of hydrogen-bond donors (Lipinski definition) is 2. The second kappa shape index (κ2) is 8.65. The van der Waals surface area contributed by atoms with Crippen molar-refractivity contribution in [2.75, 3.05) is 5.32 Å². The average Bonchev–Trinajstić information content (AvgIpc) is 3.52. The summed E-state index contributed by atoms with van der Waals surface area (Å²) in [4.78, 5) is 13.2. The van der Waals surface area contributed by atoms with Crippen LogP contribution in [0.2, 0.25) is 0 Å². The summed E-state index contributed by atoms with van der Waals surface area (Å²) in [7, 11) is -3.62. The lowest BCUT2D eigenvalue weighted by Gasteiger charge is -2.08. The zero-order chi connectivity index (χ0) is 22.8. The van der Waals surface area contributed by atoms with Gasteiger partial charge in [-0.25, -0.2) is 17.8 Å². The first-order valence-electron chi connectivity index (χ1n) is 10.6. The number of benzene rings is 3. The van der Waals surface area contributed by atoms with E-state index in [2.05, 4.69) is 15.1 Å². The van der Waals surface area contributed by atoms with Crippen molar-refractivity contribution < 1.29 is 13.2 Å². The Hall–Kier alpha value is -3.75. The number of para-hydroxylation sites is 1. The Labute approximate surface area is 192 Å². The van der Waals surface area contributed by atoms with Crippen LogP contribution in [0.3, 0.4) is 0 Å². The third-order valence-electron chi connectivity index (χ3n) is 5.31. The van der Waals surface area contributed by atoms with Crippen molar-refractivity contribution in [1.29, 1.82) is 0 Å². The summed E-state index contributed by atoms with van der Waals surface area (Å²) in [6, 6.07) is 27.2. The Bertz CT molecular complexity index is 1340. The molecule has 0 saturated heterocycles. The van der Waals surface area contributed by atoms with Crippen LogP contribution in [0.5, 0.6) is 0 Å². The molecule has 4 aromatic rings. The summed E-state index contributed by atoms with van der Waals surface area (Å²) in [5.41, 5.74) is 3.13. The van der Waals surface area contributed by atoms with Gasteiger partial charge in [0, 0.05) is 17.3 Å². The molecule has 0 radical (unpaired) electrons. The molecular weight excluding hydrogens is 436 g/mol. The van der Waals surface area contributed by atoms with Gasteiger partial charge in [-0.05, 0) is 49.2 Å². The van der Waals surface area contributed by atoms with E-state index in [-0.39, 0.29) is 16.6 Å². The summed E-state index contributed by atoms with van der Waals surface area (Å²) in [5.74, 6) is -0.424. The number of carbonyl (C=O) groups is 1. The molecule has 0 atom stereocenters. The number of aromatic nitrogens is 2. The highest BCUT2D eigenvalue weighted by atomic mass is 32.2. The summed E-state index contributed by atoms with van der Waals surface area (Å²) < 4.78 is 29.4. The molecule has 1 aliphatic carbocycles. The lowest BCUT2D eigenvalue weighted by Crippen LogP contribution is -2.25. The third-order valence-corrected chi connectivity index (χ3v) is 6.83. The highest BCUT2D eigenvalue weighted by Gasteiger charge is 2.28. The van der Waals surface area contributed by atoms with Crippen LogP contribution in [0.15, 0.2) is 95.9 Å². The van der Waals surface area contributed by atoms with Gasteiger partial charge in [0.25, 0.3) is 5.91 Å². The van der Waals surface area contributed by atoms with Gasteiger partial charge in [0.2, 0.25) is 10.0 Å². The maximum atomic E-state index is 13.0. The van der Waals surface area contributed by atoms with Gasteiger partial charge in [0.05, 0.1) is 16.3 Å². The number of nitrogens with zero attached hydrogens (tertiary/aromatic N) is 2. The van der Waals surface area contributed by atoms with Crippen molar-refractivity contribution in [3.63, 3.8) is 0 Å². The summed E-state index contributed by atoms with van der Waals surface area (Å²) in [5, 5.41) is 7.32. The topological polar surface area (TPSA) is 93.1 Å². The van der Waals surface area contributed by atoms with Crippen molar-refractivity contribution in [1.82, 2.24) is 14.5 Å². The Morgan fingerprint density at radius 1 is 0.879 bits per heavy atom. The minimum Gasteiger partial charge on any atom is -0.321 e. The van der Waals surface area contributed by atoms with E-state index in [1.807, 2.05) is 60.7 Å². The number of anilines is 1. The van der Waals surface area contributed by atoms with Crippen LogP contribution in [-0.2, 0) is 10.0 Å². The first-order chi connectivity index (χ1) is 16.0. The minimum atomic E-state index is -3.62. The molecule has 1 aliphatic rings. The van der Waals surface area contributed by atoms with Crippen LogP contribution in [0.1, 0.15) is 23.3 Å². The summed E-state index contributed by atoms with van der Waals surface area (Å²) >= 11 is 0. The van der Waals surface area contributed by atoms with E-state index in [1.165, 1.54) is 12.1 Å². The standard InChI is InChI=1S/C25H22N4O3S/c30-25(26-20-10-7-13-22(16-20)33(31,32)28-19-14-15-19)23-17-24(18-8-3-1-4-9-18)29(27-23)21-11-5-2-6-12-21/h1-13,16-17,19,28H,14-15H2,(H,26,30). The number of sulfonamides is 1. The zero-order valence-corrected chi connectivity index (χ0v) is 18.5. The largest absolute Gasteiger partial charge is 0.321 e. The SMILES string of the molecule is O=C(Nc1cccc(S(=O)(=O)NC2CC2)c1)c1cc(-c2ccccc2)n(-c2ccccc2)n1. The number of hydrogen-bond acceptors (Lipinski definition) is 4. The second-order valence-corrected chi connectivity index (χ2v) is 9.62. The Kier molecular flexibility index (Phi) is 5.53. The predicted molar refractivity (Wildman–Crippen MR) is 127 cm³/mol. The quantitative estimate of drug-likeness (QED) is 0.433. The van der Waals surface area contributed by atoms with Gasteiger partial charge in [0.15, 0.2) is 5.69 Å². The van der Waals surface area contributed by atoms with Crippen molar-refractivity contribution in [2.45, 2.75) is 23.8 Å². The molecule has 1 heterocycles. The van der Waals surface area contributed by atoms with Gasteiger partial charge in [0.1, 0.15) is 0 Å². The van der Waals surface area contributed by atoms with Crippen LogP contribution >= 0.6 is 0 Å². The minimum absolute atomic E-state index is 0.00612. The number of amides is 1. The smallest absolute Gasteiger partial charge is 0.276 e. The average molecular weight is 459 g/mol. The first-order valence-corrected chi connectivity index (χ1v) is 12.1. The molecule has 1 fully saturated rings. The summed E-state index contributed by atoms with van der Waals surface area (Å²) in [6.07, 6.45) is 1.70. The molecule has 0 aliphatic heterocycles. The summed E-state index contributed by atoms with van der Waals surface area (Å²) in [6.45, 7) is 0. The molecule has 166 valence electrons. The van der Waals surface area contributed by atoms with Crippen molar-refractivity contribution in [3.05, 3.63) is 96.7 Å². The van der Waals surface area contributed by atoms with E-state index in [9.17, 15) is 13.2 Å². The molecule has 0 spiro atoms. The van der Waals surface area contributed by atoms with Crippen molar-refractivity contribution in [3.8, 4) is 16.9 Å². The first kappa shape index (κ1) is 21.1. The second-order valence-electron chi connectivity index (χ2n) is 7.91.